The maximum atomic E-state index is 11.7. The van der Waals surface area contributed by atoms with Gasteiger partial charge in [0.2, 0.25) is 0 Å². The molecule has 6 nitrogen and oxygen atoms in total. The van der Waals surface area contributed by atoms with Crippen LogP contribution in [0.4, 0.5) is 5.82 Å². The van der Waals surface area contributed by atoms with Gasteiger partial charge in [-0.3, -0.25) is 14.3 Å². The van der Waals surface area contributed by atoms with E-state index < -0.39 is 0 Å². The second kappa shape index (κ2) is 11.3. The minimum absolute atomic E-state index is 0. The number of pyridine rings is 2. The zero-order valence-corrected chi connectivity index (χ0v) is 18.9. The van der Waals surface area contributed by atoms with E-state index in [2.05, 4.69) is 26.5 Å². The predicted molar refractivity (Wildman–Crippen MR) is 106 cm³/mol. The van der Waals surface area contributed by atoms with Crippen LogP contribution in [0.25, 0.3) is 5.69 Å². The average molecular weight is 406 g/mol. The first-order valence-electron chi connectivity index (χ1n) is 8.89. The van der Waals surface area contributed by atoms with Gasteiger partial charge in [0.15, 0.2) is 0 Å². The van der Waals surface area contributed by atoms with Crippen molar-refractivity contribution in [3.63, 3.8) is 0 Å². The molecule has 0 spiro atoms. The summed E-state index contributed by atoms with van der Waals surface area (Å²) in [5.41, 5.74) is 1.47. The first-order chi connectivity index (χ1) is 13.1. The fraction of sp³-hybridized carbons (Fsp3) is 0.300. The Morgan fingerprint density at radius 2 is 1.96 bits per heavy atom. The molecule has 0 aliphatic heterocycles. The van der Waals surface area contributed by atoms with Gasteiger partial charge in [-0.05, 0) is 37.2 Å². The summed E-state index contributed by atoms with van der Waals surface area (Å²) in [6.45, 7) is 1.78. The second-order valence-electron chi connectivity index (χ2n) is 6.31. The fourth-order valence-corrected chi connectivity index (χ4v) is 2.98. The molecule has 3 aromatic heterocycles. The number of hydrogen-bond acceptors (Lipinski definition) is 5. The molecule has 140 valence electrons. The molecule has 0 saturated heterocycles. The molecule has 1 N–H and O–H groups in total. The monoisotopic (exact) mass is 405 g/mol. The summed E-state index contributed by atoms with van der Waals surface area (Å²) in [6.07, 6.45) is 12.5. The molecular formula is C20H21ClN5NaO. The van der Waals surface area contributed by atoms with Gasteiger partial charge in [-0.2, -0.15) is 0 Å². The minimum Gasteiger partial charge on any atom is -0.452 e. The molecule has 1 aliphatic rings. The Bertz CT molecular complexity index is 905. The zero-order valence-electron chi connectivity index (χ0n) is 16.1. The van der Waals surface area contributed by atoms with Crippen LogP contribution in [0.3, 0.4) is 0 Å². The number of rotatable bonds is 3. The van der Waals surface area contributed by atoms with Gasteiger partial charge in [-0.15, -0.1) is 6.20 Å². The number of halogens is 1. The van der Waals surface area contributed by atoms with Crippen LogP contribution in [0.2, 0.25) is 5.15 Å². The Morgan fingerprint density at radius 1 is 1.18 bits per heavy atom. The van der Waals surface area contributed by atoms with Crippen LogP contribution in [-0.4, -0.2) is 25.6 Å². The number of aryl methyl sites for hydroxylation is 1. The topological polar surface area (TPSA) is 72.7 Å². The van der Waals surface area contributed by atoms with Gasteiger partial charge in [-0.25, -0.2) is 4.98 Å². The first-order valence-corrected chi connectivity index (χ1v) is 9.27. The standard InChI is InChI=1S/C15H17N3O.C5H4ClN2.Na/c19-15-7-3-4-10-18(15)13-8-9-14(16-11-13)17-12-5-1-2-6-12;1-4-5(6)8-3-2-7-4;/h3-4,7-12H,1-2,5-6H2,(H,16,17);3H,1H3;/q;-1;+1. The van der Waals surface area contributed by atoms with E-state index in [0.717, 1.165) is 11.5 Å². The smallest absolute Gasteiger partial charge is 0.452 e. The number of hydrogen-bond donors (Lipinski definition) is 1. The quantitative estimate of drug-likeness (QED) is 0.516. The van der Waals surface area contributed by atoms with Crippen LogP contribution in [-0.2, 0) is 0 Å². The van der Waals surface area contributed by atoms with E-state index in [-0.39, 0.29) is 35.1 Å². The van der Waals surface area contributed by atoms with Crippen LogP contribution >= 0.6 is 11.6 Å². The van der Waals surface area contributed by atoms with E-state index in [1.807, 2.05) is 18.2 Å². The Labute approximate surface area is 191 Å². The van der Waals surface area contributed by atoms with Crippen molar-refractivity contribution in [2.45, 2.75) is 38.6 Å². The van der Waals surface area contributed by atoms with Crippen LogP contribution in [0.1, 0.15) is 31.4 Å². The third kappa shape index (κ3) is 6.41. The molecule has 4 rings (SSSR count). The molecule has 0 amide bonds. The van der Waals surface area contributed by atoms with Crippen molar-refractivity contribution in [1.82, 2.24) is 19.5 Å². The van der Waals surface area contributed by atoms with Crippen molar-refractivity contribution in [2.75, 3.05) is 5.32 Å². The molecule has 1 aliphatic carbocycles. The summed E-state index contributed by atoms with van der Waals surface area (Å²) < 4.78 is 1.59. The predicted octanol–water partition coefficient (Wildman–Crippen LogP) is 0.830. The van der Waals surface area contributed by atoms with Crippen molar-refractivity contribution in [2.24, 2.45) is 0 Å². The SMILES string of the molecule is Cc1n[c-]cnc1Cl.O=c1ccccn1-c1ccc(NC2CCCC2)nc1.[Na+]. The Hall–Kier alpha value is -1.73. The van der Waals surface area contributed by atoms with Crippen molar-refractivity contribution in [3.05, 3.63) is 76.3 Å². The molecule has 8 heteroatoms. The van der Waals surface area contributed by atoms with Crippen molar-refractivity contribution < 1.29 is 29.6 Å². The van der Waals surface area contributed by atoms with E-state index in [1.54, 1.807) is 36.0 Å². The van der Waals surface area contributed by atoms with Gasteiger partial charge >= 0.3 is 29.6 Å². The van der Waals surface area contributed by atoms with Crippen LogP contribution in [0.5, 0.6) is 0 Å². The molecule has 0 radical (unpaired) electrons. The first kappa shape index (κ1) is 22.6. The molecule has 0 unspecified atom stereocenters. The van der Waals surface area contributed by atoms with Gasteiger partial charge < -0.3 is 10.3 Å². The summed E-state index contributed by atoms with van der Waals surface area (Å²) in [6, 6.07) is 9.54. The van der Waals surface area contributed by atoms with Gasteiger partial charge in [-0.1, -0.05) is 43.1 Å². The Morgan fingerprint density at radius 3 is 2.54 bits per heavy atom. The van der Waals surface area contributed by atoms with E-state index >= 15 is 0 Å². The van der Waals surface area contributed by atoms with Gasteiger partial charge in [0.25, 0.3) is 5.56 Å². The summed E-state index contributed by atoms with van der Waals surface area (Å²) in [4.78, 5) is 23.6. The van der Waals surface area contributed by atoms with Gasteiger partial charge in [0.05, 0.1) is 17.0 Å². The number of nitrogens with zero attached hydrogens (tertiary/aromatic N) is 4. The van der Waals surface area contributed by atoms with Crippen molar-refractivity contribution in [3.8, 4) is 5.69 Å². The van der Waals surface area contributed by atoms with E-state index in [1.165, 1.54) is 31.9 Å². The molecule has 1 saturated carbocycles. The zero-order chi connectivity index (χ0) is 19.1. The van der Waals surface area contributed by atoms with Crippen LogP contribution in [0.15, 0.2) is 53.7 Å². The normalized spacial score (nSPS) is 13.2. The number of nitrogens with one attached hydrogen (secondary N) is 1. The minimum atomic E-state index is -0.0409. The maximum Gasteiger partial charge on any atom is 1.00 e. The van der Waals surface area contributed by atoms with Crippen molar-refractivity contribution in [1.29, 1.82) is 0 Å². The second-order valence-corrected chi connectivity index (χ2v) is 6.67. The number of anilines is 1. The summed E-state index contributed by atoms with van der Waals surface area (Å²) in [7, 11) is 0. The molecular weight excluding hydrogens is 385 g/mol. The number of aromatic nitrogens is 4. The van der Waals surface area contributed by atoms with Crippen LogP contribution < -0.4 is 40.4 Å². The molecule has 0 aromatic carbocycles. The Balaban J connectivity index is 0.000000264. The summed E-state index contributed by atoms with van der Waals surface area (Å²) in [5, 5.41) is 3.88. The van der Waals surface area contributed by atoms with Gasteiger partial charge in [0, 0.05) is 18.3 Å². The van der Waals surface area contributed by atoms with Gasteiger partial charge in [0.1, 0.15) is 5.82 Å². The van der Waals surface area contributed by atoms with E-state index in [4.69, 9.17) is 11.6 Å². The third-order valence-corrected chi connectivity index (χ3v) is 4.69. The molecule has 28 heavy (non-hydrogen) atoms. The largest absolute Gasteiger partial charge is 1.00 e. The summed E-state index contributed by atoms with van der Waals surface area (Å²) in [5.74, 6) is 0.889. The van der Waals surface area contributed by atoms with Crippen LogP contribution in [0, 0.1) is 13.1 Å². The summed E-state index contributed by atoms with van der Waals surface area (Å²) >= 11 is 5.52. The van der Waals surface area contributed by atoms with Crippen molar-refractivity contribution >= 4 is 17.4 Å². The molecule has 0 bridgehead atoms. The molecule has 3 heterocycles. The molecule has 3 aromatic rings. The van der Waals surface area contributed by atoms with E-state index in [9.17, 15) is 4.79 Å². The fourth-order valence-electron chi connectivity index (χ4n) is 2.88. The average Bonchev–Trinajstić information content (AvgIpc) is 3.19. The maximum absolute atomic E-state index is 11.7. The molecule has 0 atom stereocenters. The van der Waals surface area contributed by atoms with E-state index in [0.29, 0.717) is 16.9 Å². The third-order valence-electron chi connectivity index (χ3n) is 4.32. The Kier molecular flexibility index (Phi) is 9.12. The molecule has 1 fully saturated rings.